The Kier molecular flexibility index (Phi) is 5.50. The Morgan fingerprint density at radius 3 is 2.41 bits per heavy atom. The van der Waals surface area contributed by atoms with Crippen molar-refractivity contribution in [3.63, 3.8) is 0 Å². The summed E-state index contributed by atoms with van der Waals surface area (Å²) < 4.78 is 5.48. The van der Waals surface area contributed by atoms with Gasteiger partial charge in [-0.1, -0.05) is 56.1 Å². The van der Waals surface area contributed by atoms with Crippen molar-refractivity contribution in [2.24, 2.45) is 5.92 Å². The molecule has 4 nitrogen and oxygen atoms in total. The minimum atomic E-state index is -0.546. The summed E-state index contributed by atoms with van der Waals surface area (Å²) >= 11 is 12.2. The van der Waals surface area contributed by atoms with Gasteiger partial charge in [0.25, 0.3) is 0 Å². The Morgan fingerprint density at radius 1 is 1.11 bits per heavy atom. The van der Waals surface area contributed by atoms with Gasteiger partial charge in [-0.05, 0) is 41.3 Å². The fraction of sp³-hybridized carbons (Fsp3) is 0.333. The molecule has 0 bridgehead atoms. The van der Waals surface area contributed by atoms with Gasteiger partial charge >= 0.3 is 5.97 Å². The lowest BCUT2D eigenvalue weighted by Crippen LogP contribution is -2.27. The van der Waals surface area contributed by atoms with Crippen LogP contribution in [0.15, 0.2) is 42.5 Å². The normalized spacial score (nSPS) is 17.3. The predicted octanol–water partition coefficient (Wildman–Crippen LogP) is 5.25. The van der Waals surface area contributed by atoms with Gasteiger partial charge < -0.3 is 9.64 Å². The molecule has 1 saturated heterocycles. The first-order chi connectivity index (χ1) is 12.6. The van der Waals surface area contributed by atoms with E-state index in [1.807, 2.05) is 12.1 Å². The van der Waals surface area contributed by atoms with Gasteiger partial charge in [-0.2, -0.15) is 0 Å². The van der Waals surface area contributed by atoms with Crippen molar-refractivity contribution in [2.75, 3.05) is 11.4 Å². The summed E-state index contributed by atoms with van der Waals surface area (Å²) in [6.45, 7) is 6.58. The van der Waals surface area contributed by atoms with Crippen molar-refractivity contribution in [2.45, 2.75) is 32.6 Å². The number of hydrogen-bond donors (Lipinski definition) is 0. The molecule has 0 aliphatic carbocycles. The van der Waals surface area contributed by atoms with Crippen LogP contribution in [0.4, 0.5) is 5.69 Å². The van der Waals surface area contributed by atoms with E-state index in [9.17, 15) is 9.59 Å². The fourth-order valence-corrected chi connectivity index (χ4v) is 3.40. The number of nitrogens with zero attached hydrogens (tertiary/aromatic N) is 1. The van der Waals surface area contributed by atoms with E-state index in [0.717, 1.165) is 5.56 Å². The highest BCUT2D eigenvalue weighted by Gasteiger charge is 2.37. The van der Waals surface area contributed by atoms with E-state index >= 15 is 0 Å². The summed E-state index contributed by atoms with van der Waals surface area (Å²) in [6.07, 6.45) is 0.0851. The van der Waals surface area contributed by atoms with Crippen LogP contribution in [0.3, 0.4) is 0 Å². The quantitative estimate of drug-likeness (QED) is 0.517. The summed E-state index contributed by atoms with van der Waals surface area (Å²) in [5.74, 6) is -0.675. The second-order valence-electron chi connectivity index (χ2n) is 7.70. The molecule has 27 heavy (non-hydrogen) atoms. The van der Waals surface area contributed by atoms with E-state index in [2.05, 4.69) is 20.8 Å². The molecular formula is C21H21Cl2NO3. The van der Waals surface area contributed by atoms with Crippen LogP contribution in [-0.2, 0) is 15.0 Å². The van der Waals surface area contributed by atoms with E-state index in [1.54, 1.807) is 30.3 Å². The van der Waals surface area contributed by atoms with Crippen LogP contribution >= 0.6 is 23.2 Å². The smallest absolute Gasteiger partial charge is 0.316 e. The number of carbonyl (C=O) groups excluding carboxylic acids is 2. The van der Waals surface area contributed by atoms with Gasteiger partial charge in [0.05, 0.1) is 16.6 Å². The first kappa shape index (κ1) is 19.7. The number of benzene rings is 2. The molecule has 1 fully saturated rings. The lowest BCUT2D eigenvalue weighted by atomic mass is 9.87. The van der Waals surface area contributed by atoms with Crippen LogP contribution in [0.1, 0.15) is 32.8 Å². The molecule has 0 spiro atoms. The molecule has 2 aromatic carbocycles. The summed E-state index contributed by atoms with van der Waals surface area (Å²) in [4.78, 5) is 26.4. The average Bonchev–Trinajstić information content (AvgIpc) is 2.98. The van der Waals surface area contributed by atoms with Crippen LogP contribution in [0.2, 0.25) is 10.0 Å². The number of esters is 1. The molecule has 0 aromatic heterocycles. The molecule has 6 heteroatoms. The van der Waals surface area contributed by atoms with Crippen molar-refractivity contribution in [1.29, 1.82) is 0 Å². The van der Waals surface area contributed by atoms with Crippen LogP contribution in [0.5, 0.6) is 5.75 Å². The zero-order valence-electron chi connectivity index (χ0n) is 15.5. The molecule has 0 N–H and O–H groups in total. The summed E-state index contributed by atoms with van der Waals surface area (Å²) in [6, 6.07) is 12.4. The van der Waals surface area contributed by atoms with Crippen molar-refractivity contribution < 1.29 is 14.3 Å². The van der Waals surface area contributed by atoms with Crippen molar-refractivity contribution in [1.82, 2.24) is 0 Å². The molecule has 1 amide bonds. The van der Waals surface area contributed by atoms with Gasteiger partial charge in [-0.15, -0.1) is 0 Å². The lowest BCUT2D eigenvalue weighted by molar-refractivity contribution is -0.139. The second-order valence-corrected chi connectivity index (χ2v) is 8.54. The van der Waals surface area contributed by atoms with E-state index in [-0.39, 0.29) is 24.3 Å². The highest BCUT2D eigenvalue weighted by molar-refractivity contribution is 6.35. The van der Waals surface area contributed by atoms with Crippen molar-refractivity contribution in [3.8, 4) is 5.75 Å². The molecule has 3 rings (SSSR count). The Hall–Kier alpha value is -2.04. The van der Waals surface area contributed by atoms with E-state index in [4.69, 9.17) is 27.9 Å². The Balaban J connectivity index is 1.70. The largest absolute Gasteiger partial charge is 0.426 e. The summed E-state index contributed by atoms with van der Waals surface area (Å²) in [5.41, 5.74) is 1.69. The standard InChI is InChI=1S/C21H21Cl2NO3/c1-21(2,3)14-4-7-16(8-5-14)27-20(26)13-10-19(25)24(12-13)18-11-15(22)6-9-17(18)23/h4-9,11,13H,10,12H2,1-3H3/t13-/m0/s1. The first-order valence-corrected chi connectivity index (χ1v) is 9.48. The van der Waals surface area contributed by atoms with Gasteiger partial charge in [0, 0.05) is 18.0 Å². The molecular weight excluding hydrogens is 385 g/mol. The number of anilines is 1. The molecule has 1 aliphatic heterocycles. The maximum atomic E-state index is 12.5. The van der Waals surface area contributed by atoms with E-state index in [0.29, 0.717) is 21.5 Å². The third kappa shape index (κ3) is 4.45. The minimum Gasteiger partial charge on any atom is -0.426 e. The zero-order valence-corrected chi connectivity index (χ0v) is 17.0. The molecule has 2 aromatic rings. The van der Waals surface area contributed by atoms with E-state index < -0.39 is 11.9 Å². The monoisotopic (exact) mass is 405 g/mol. The van der Waals surface area contributed by atoms with Crippen LogP contribution < -0.4 is 9.64 Å². The number of hydrogen-bond acceptors (Lipinski definition) is 3. The molecule has 1 atom stereocenters. The van der Waals surface area contributed by atoms with Crippen LogP contribution in [-0.4, -0.2) is 18.4 Å². The third-order valence-electron chi connectivity index (χ3n) is 4.60. The molecule has 1 heterocycles. The summed E-state index contributed by atoms with van der Waals surface area (Å²) in [5, 5.41) is 0.895. The van der Waals surface area contributed by atoms with Gasteiger partial charge in [0.2, 0.25) is 5.91 Å². The number of rotatable bonds is 3. The zero-order chi connectivity index (χ0) is 19.8. The number of ether oxygens (including phenoxy) is 1. The maximum absolute atomic E-state index is 12.5. The van der Waals surface area contributed by atoms with Gasteiger partial charge in [0.1, 0.15) is 5.75 Å². The van der Waals surface area contributed by atoms with Gasteiger partial charge in [-0.25, -0.2) is 0 Å². The Morgan fingerprint density at radius 2 is 1.78 bits per heavy atom. The lowest BCUT2D eigenvalue weighted by Gasteiger charge is -2.19. The molecule has 0 saturated carbocycles. The SMILES string of the molecule is CC(C)(C)c1ccc(OC(=O)[C@H]2CC(=O)N(c3cc(Cl)ccc3Cl)C2)cc1. The fourth-order valence-electron chi connectivity index (χ4n) is 3.01. The van der Waals surface area contributed by atoms with Gasteiger partial charge in [-0.3, -0.25) is 9.59 Å². The molecule has 1 aliphatic rings. The topological polar surface area (TPSA) is 46.6 Å². The van der Waals surface area contributed by atoms with Crippen LogP contribution in [0.25, 0.3) is 0 Å². The molecule has 0 radical (unpaired) electrons. The Labute approximate surface area is 169 Å². The highest BCUT2D eigenvalue weighted by atomic mass is 35.5. The van der Waals surface area contributed by atoms with Crippen molar-refractivity contribution in [3.05, 3.63) is 58.1 Å². The number of halogens is 2. The average molecular weight is 406 g/mol. The number of amides is 1. The highest BCUT2D eigenvalue weighted by Crippen LogP contribution is 2.34. The van der Waals surface area contributed by atoms with E-state index in [1.165, 1.54) is 4.90 Å². The van der Waals surface area contributed by atoms with Crippen LogP contribution in [0, 0.1) is 5.92 Å². The molecule has 142 valence electrons. The Bertz CT molecular complexity index is 872. The predicted molar refractivity (Wildman–Crippen MR) is 108 cm³/mol. The third-order valence-corrected chi connectivity index (χ3v) is 5.15. The second kappa shape index (κ2) is 7.53. The maximum Gasteiger partial charge on any atom is 0.316 e. The minimum absolute atomic E-state index is 0.0249. The summed E-state index contributed by atoms with van der Waals surface area (Å²) in [7, 11) is 0. The van der Waals surface area contributed by atoms with Crippen molar-refractivity contribution >= 4 is 40.8 Å². The van der Waals surface area contributed by atoms with Gasteiger partial charge in [0.15, 0.2) is 0 Å². The number of carbonyl (C=O) groups is 2. The first-order valence-electron chi connectivity index (χ1n) is 8.73. The molecule has 0 unspecified atom stereocenters.